The van der Waals surface area contributed by atoms with Gasteiger partial charge in [-0.3, -0.25) is 0 Å². The van der Waals surface area contributed by atoms with Gasteiger partial charge in [-0.15, -0.1) is 0 Å². The fourth-order valence-corrected chi connectivity index (χ4v) is 1.56. The van der Waals surface area contributed by atoms with Crippen molar-refractivity contribution >= 4 is 15.6 Å². The maximum atomic E-state index is 9.30. The van der Waals surface area contributed by atoms with Crippen molar-refractivity contribution < 1.29 is 9.29 Å². The van der Waals surface area contributed by atoms with Crippen LogP contribution in [0, 0.1) is 0 Å². The molecular weight excluding hydrogens is 162 g/mol. The summed E-state index contributed by atoms with van der Waals surface area (Å²) in [5.41, 5.74) is 6.18. The van der Waals surface area contributed by atoms with Gasteiger partial charge in [-0.05, 0) is 29.2 Å². The number of methoxy groups -OCH3 is 1. The molecular formula is C7H11NO2S. The van der Waals surface area contributed by atoms with E-state index in [0.717, 1.165) is 4.86 Å². The van der Waals surface area contributed by atoms with Crippen LogP contribution in [0.5, 0.6) is 0 Å². The summed E-state index contributed by atoms with van der Waals surface area (Å²) >= 11 is 0. The fourth-order valence-electron chi connectivity index (χ4n) is 0.782. The monoisotopic (exact) mass is 173 g/mol. The molecule has 3 nitrogen and oxygen atoms in total. The molecule has 0 saturated heterocycles. The van der Waals surface area contributed by atoms with Gasteiger partial charge in [0.1, 0.15) is 5.76 Å². The molecule has 0 aliphatic carbocycles. The Morgan fingerprint density at radius 1 is 1.64 bits per heavy atom. The lowest BCUT2D eigenvalue weighted by Crippen LogP contribution is -2.13. The van der Waals surface area contributed by atoms with Gasteiger partial charge in [-0.25, -0.2) is 0 Å². The molecule has 0 aromatic heterocycles. The Morgan fingerprint density at radius 2 is 2.27 bits per heavy atom. The Bertz CT molecular complexity index is 266. The van der Waals surface area contributed by atoms with Crippen LogP contribution in [-0.4, -0.2) is 16.5 Å². The average Bonchev–Trinajstić information content (AvgIpc) is 2.01. The zero-order valence-corrected chi connectivity index (χ0v) is 7.31. The highest BCUT2D eigenvalue weighted by Crippen LogP contribution is 2.22. The van der Waals surface area contributed by atoms with Gasteiger partial charge in [0.25, 0.3) is 0 Å². The Morgan fingerprint density at radius 3 is 2.82 bits per heavy atom. The van der Waals surface area contributed by atoms with E-state index in [1.54, 1.807) is 25.5 Å². The molecule has 1 unspecified atom stereocenters. The molecule has 3 N–H and O–H groups in total. The predicted molar refractivity (Wildman–Crippen MR) is 48.3 cm³/mol. The van der Waals surface area contributed by atoms with E-state index in [1.807, 2.05) is 0 Å². The minimum absolute atomic E-state index is 0.542. The van der Waals surface area contributed by atoms with Crippen molar-refractivity contribution in [1.29, 1.82) is 0 Å². The van der Waals surface area contributed by atoms with Crippen LogP contribution >= 0.6 is 10.8 Å². The zero-order chi connectivity index (χ0) is 8.43. The summed E-state index contributed by atoms with van der Waals surface area (Å²) in [6, 6.07) is 0. The van der Waals surface area contributed by atoms with Crippen LogP contribution in [0.25, 0.3) is 0 Å². The first-order valence-corrected chi connectivity index (χ1v) is 4.39. The van der Waals surface area contributed by atoms with E-state index in [4.69, 9.17) is 10.5 Å². The van der Waals surface area contributed by atoms with Crippen LogP contribution < -0.4 is 5.73 Å². The molecule has 1 aliphatic rings. The summed E-state index contributed by atoms with van der Waals surface area (Å²) in [5.74, 6) is 0.625. The van der Waals surface area contributed by atoms with Crippen LogP contribution in [0.4, 0.5) is 0 Å². The molecule has 0 spiro atoms. The number of nitrogens with two attached hydrogens (primary N) is 1. The van der Waals surface area contributed by atoms with Crippen LogP contribution in [0.15, 0.2) is 22.9 Å². The maximum Gasteiger partial charge on any atom is 0.143 e. The second-order valence-electron chi connectivity index (χ2n) is 2.16. The lowest BCUT2D eigenvalue weighted by molar-refractivity contribution is 0.304. The molecule has 11 heavy (non-hydrogen) atoms. The number of hydrogen-bond donors (Lipinski definition) is 2. The highest BCUT2D eigenvalue weighted by atomic mass is 32.2. The van der Waals surface area contributed by atoms with Crippen LogP contribution in [0.1, 0.15) is 6.92 Å². The van der Waals surface area contributed by atoms with Crippen LogP contribution in [0.3, 0.4) is 0 Å². The van der Waals surface area contributed by atoms with Gasteiger partial charge in [-0.2, -0.15) is 0 Å². The SMILES string of the molecule is COC1=C(N)C(C)=S(O)C=C1. The zero-order valence-electron chi connectivity index (χ0n) is 6.50. The highest BCUT2D eigenvalue weighted by Gasteiger charge is 2.09. The molecule has 0 amide bonds. The predicted octanol–water partition coefficient (Wildman–Crippen LogP) is 1.26. The standard InChI is InChI=1S/C7H11NO2S/c1-5-7(8)6(10-2)3-4-11(5)9/h3-4,9H,8H2,1-2H3. The molecule has 0 bridgehead atoms. The van der Waals surface area contributed by atoms with E-state index in [1.165, 1.54) is 0 Å². The number of ether oxygens (including phenoxy) is 1. The van der Waals surface area contributed by atoms with Gasteiger partial charge in [0, 0.05) is 4.86 Å². The summed E-state index contributed by atoms with van der Waals surface area (Å²) in [4.78, 5) is 0.768. The van der Waals surface area contributed by atoms with Gasteiger partial charge in [-0.1, -0.05) is 0 Å². The second-order valence-corrected chi connectivity index (χ2v) is 3.67. The average molecular weight is 173 g/mol. The first kappa shape index (κ1) is 8.36. The number of allylic oxidation sites excluding steroid dienone is 2. The molecule has 0 fully saturated rings. The minimum Gasteiger partial charge on any atom is -0.495 e. The molecule has 0 radical (unpaired) electrons. The molecule has 1 rings (SSSR count). The third-order valence-electron chi connectivity index (χ3n) is 1.53. The molecule has 4 heteroatoms. The lowest BCUT2D eigenvalue weighted by Gasteiger charge is -2.12. The van der Waals surface area contributed by atoms with Gasteiger partial charge in [0.2, 0.25) is 0 Å². The first-order valence-electron chi connectivity index (χ1n) is 3.15. The van der Waals surface area contributed by atoms with E-state index >= 15 is 0 Å². The molecule has 1 atom stereocenters. The summed E-state index contributed by atoms with van der Waals surface area (Å²) in [6.45, 7) is 1.79. The lowest BCUT2D eigenvalue weighted by atomic mass is 10.3. The molecule has 0 saturated carbocycles. The van der Waals surface area contributed by atoms with E-state index in [2.05, 4.69) is 0 Å². The van der Waals surface area contributed by atoms with Gasteiger partial charge >= 0.3 is 0 Å². The fraction of sp³-hybridized carbons (Fsp3) is 0.286. The Balaban J connectivity index is 3.11. The summed E-state index contributed by atoms with van der Waals surface area (Å²) in [5, 5.41) is 1.67. The summed E-state index contributed by atoms with van der Waals surface area (Å²) in [7, 11) is 0.742. The molecule has 0 aromatic carbocycles. The maximum absolute atomic E-state index is 9.30. The first-order chi connectivity index (χ1) is 5.16. The third kappa shape index (κ3) is 1.46. The van der Waals surface area contributed by atoms with Crippen molar-refractivity contribution in [2.75, 3.05) is 7.11 Å². The van der Waals surface area contributed by atoms with E-state index in [-0.39, 0.29) is 0 Å². The molecule has 1 heterocycles. The van der Waals surface area contributed by atoms with E-state index < -0.39 is 10.8 Å². The number of hydrogen-bond acceptors (Lipinski definition) is 3. The van der Waals surface area contributed by atoms with Gasteiger partial charge in [0.05, 0.1) is 12.8 Å². The molecule has 62 valence electrons. The Kier molecular flexibility index (Phi) is 2.36. The minimum atomic E-state index is -0.814. The quantitative estimate of drug-likeness (QED) is 0.587. The van der Waals surface area contributed by atoms with Gasteiger partial charge < -0.3 is 15.0 Å². The Labute approximate surface area is 68.3 Å². The van der Waals surface area contributed by atoms with Gasteiger partial charge in [0.15, 0.2) is 0 Å². The highest BCUT2D eigenvalue weighted by molar-refractivity contribution is 8.13. The topological polar surface area (TPSA) is 55.5 Å². The number of rotatable bonds is 1. The summed E-state index contributed by atoms with van der Waals surface area (Å²) in [6.07, 6.45) is 1.69. The van der Waals surface area contributed by atoms with Crippen molar-refractivity contribution in [2.45, 2.75) is 6.92 Å². The van der Waals surface area contributed by atoms with E-state index in [0.29, 0.717) is 11.5 Å². The van der Waals surface area contributed by atoms with Crippen molar-refractivity contribution in [3.8, 4) is 0 Å². The van der Waals surface area contributed by atoms with Crippen molar-refractivity contribution in [3.05, 3.63) is 22.9 Å². The molecule has 1 aliphatic heterocycles. The van der Waals surface area contributed by atoms with Crippen molar-refractivity contribution in [2.24, 2.45) is 5.73 Å². The van der Waals surface area contributed by atoms with Crippen LogP contribution in [0.2, 0.25) is 0 Å². The molecule has 0 aromatic rings. The Hall–Kier alpha value is -0.740. The van der Waals surface area contributed by atoms with E-state index in [9.17, 15) is 4.55 Å². The third-order valence-corrected chi connectivity index (χ3v) is 2.77. The largest absolute Gasteiger partial charge is 0.495 e. The summed E-state index contributed by atoms with van der Waals surface area (Å²) < 4.78 is 14.3. The van der Waals surface area contributed by atoms with Crippen molar-refractivity contribution in [1.82, 2.24) is 0 Å². The smallest absolute Gasteiger partial charge is 0.143 e. The second kappa shape index (κ2) is 3.11. The van der Waals surface area contributed by atoms with Crippen molar-refractivity contribution in [3.63, 3.8) is 0 Å². The van der Waals surface area contributed by atoms with Crippen LogP contribution in [-0.2, 0) is 4.74 Å². The normalized spacial score (nSPS) is 24.3.